The Bertz CT molecular complexity index is 508. The molecule has 0 unspecified atom stereocenters. The summed E-state index contributed by atoms with van der Waals surface area (Å²) in [7, 11) is 3.99. The van der Waals surface area contributed by atoms with Gasteiger partial charge >= 0.3 is 0 Å². The Labute approximate surface area is 120 Å². The summed E-state index contributed by atoms with van der Waals surface area (Å²) < 4.78 is 0. The second kappa shape index (κ2) is 5.96. The first kappa shape index (κ1) is 14.4. The first-order valence-corrected chi connectivity index (χ1v) is 7.03. The van der Waals surface area contributed by atoms with Crippen LogP contribution in [0.3, 0.4) is 0 Å². The molecular formula is C16H21N3O. The average Bonchev–Trinajstić information content (AvgIpc) is 2.95. The summed E-state index contributed by atoms with van der Waals surface area (Å²) in [6.45, 7) is 0.482. The third kappa shape index (κ3) is 2.93. The van der Waals surface area contributed by atoms with E-state index in [1.54, 1.807) is 0 Å². The van der Waals surface area contributed by atoms with Crippen LogP contribution in [0.4, 0.5) is 5.69 Å². The minimum Gasteiger partial charge on any atom is -0.378 e. The quantitative estimate of drug-likeness (QED) is 0.915. The van der Waals surface area contributed by atoms with Crippen molar-refractivity contribution in [3.05, 3.63) is 29.8 Å². The summed E-state index contributed by atoms with van der Waals surface area (Å²) in [6, 6.07) is 10.3. The van der Waals surface area contributed by atoms with Gasteiger partial charge in [0.15, 0.2) is 0 Å². The Morgan fingerprint density at radius 1 is 1.30 bits per heavy atom. The molecule has 0 bridgehead atoms. The number of anilines is 1. The zero-order valence-corrected chi connectivity index (χ0v) is 12.1. The first-order valence-electron chi connectivity index (χ1n) is 7.03. The number of nitrogens with one attached hydrogen (secondary N) is 1. The molecule has 4 nitrogen and oxygen atoms in total. The van der Waals surface area contributed by atoms with Gasteiger partial charge in [0.05, 0.1) is 6.07 Å². The number of nitrogens with zero attached hydrogens (tertiary/aromatic N) is 2. The molecule has 1 aliphatic rings. The molecule has 1 N–H and O–H groups in total. The van der Waals surface area contributed by atoms with Gasteiger partial charge in [-0.25, -0.2) is 0 Å². The van der Waals surface area contributed by atoms with Crippen molar-refractivity contribution >= 4 is 11.6 Å². The minimum absolute atomic E-state index is 0.116. The van der Waals surface area contributed by atoms with E-state index in [1.165, 1.54) is 0 Å². The summed E-state index contributed by atoms with van der Waals surface area (Å²) in [6.07, 6.45) is 3.32. The van der Waals surface area contributed by atoms with Gasteiger partial charge in [0, 0.05) is 26.3 Å². The zero-order chi connectivity index (χ0) is 14.6. The number of carbonyl (C=O) groups excluding carboxylic acids is 1. The number of hydrogen-bond acceptors (Lipinski definition) is 3. The molecule has 1 amide bonds. The fraction of sp³-hybridized carbons (Fsp3) is 0.500. The van der Waals surface area contributed by atoms with Crippen molar-refractivity contribution in [3.8, 4) is 6.07 Å². The summed E-state index contributed by atoms with van der Waals surface area (Å²) in [5.41, 5.74) is 1.39. The molecular weight excluding hydrogens is 250 g/mol. The Morgan fingerprint density at radius 3 is 2.40 bits per heavy atom. The van der Waals surface area contributed by atoms with Crippen molar-refractivity contribution < 1.29 is 4.79 Å². The Morgan fingerprint density at radius 2 is 1.90 bits per heavy atom. The monoisotopic (exact) mass is 271 g/mol. The van der Waals surface area contributed by atoms with E-state index in [-0.39, 0.29) is 5.91 Å². The summed E-state index contributed by atoms with van der Waals surface area (Å²) in [5, 5.41) is 12.2. The van der Waals surface area contributed by atoms with Gasteiger partial charge in [-0.1, -0.05) is 25.0 Å². The van der Waals surface area contributed by atoms with Crippen LogP contribution in [0.15, 0.2) is 24.3 Å². The molecule has 0 aromatic heterocycles. The second-order valence-corrected chi connectivity index (χ2v) is 5.64. The lowest BCUT2D eigenvalue weighted by Crippen LogP contribution is -2.37. The van der Waals surface area contributed by atoms with Gasteiger partial charge in [0.2, 0.25) is 5.91 Å². The lowest BCUT2D eigenvalue weighted by atomic mass is 9.87. The molecule has 2 rings (SSSR count). The first-order chi connectivity index (χ1) is 9.57. The van der Waals surface area contributed by atoms with Crippen molar-refractivity contribution in [1.82, 2.24) is 5.32 Å². The molecule has 106 valence electrons. The third-order valence-corrected chi connectivity index (χ3v) is 4.01. The van der Waals surface area contributed by atoms with Gasteiger partial charge in [-0.3, -0.25) is 4.79 Å². The van der Waals surface area contributed by atoms with Crippen LogP contribution in [0.2, 0.25) is 0 Å². The van der Waals surface area contributed by atoms with E-state index in [1.807, 2.05) is 43.3 Å². The van der Waals surface area contributed by atoms with Gasteiger partial charge in [0.25, 0.3) is 0 Å². The van der Waals surface area contributed by atoms with E-state index in [9.17, 15) is 10.1 Å². The number of carbonyl (C=O) groups is 1. The second-order valence-electron chi connectivity index (χ2n) is 5.64. The number of amides is 1. The van der Waals surface area contributed by atoms with E-state index in [0.29, 0.717) is 19.4 Å². The van der Waals surface area contributed by atoms with Crippen LogP contribution >= 0.6 is 0 Å². The standard InChI is InChI=1S/C16H21N3O/c1-19(2)14-7-5-13(6-8-14)11-18-15(20)16(12-17)9-3-4-10-16/h5-8H,3-4,9-11H2,1-2H3,(H,18,20). The third-order valence-electron chi connectivity index (χ3n) is 4.01. The van der Waals surface area contributed by atoms with Crippen molar-refractivity contribution in [1.29, 1.82) is 5.26 Å². The van der Waals surface area contributed by atoms with Crippen LogP contribution in [0.25, 0.3) is 0 Å². The molecule has 1 aliphatic carbocycles. The van der Waals surface area contributed by atoms with E-state index < -0.39 is 5.41 Å². The van der Waals surface area contributed by atoms with Gasteiger partial charge in [0.1, 0.15) is 5.41 Å². The van der Waals surface area contributed by atoms with Crippen LogP contribution in [0.1, 0.15) is 31.2 Å². The van der Waals surface area contributed by atoms with Gasteiger partial charge in [-0.05, 0) is 30.5 Å². The van der Waals surface area contributed by atoms with Gasteiger partial charge in [-0.15, -0.1) is 0 Å². The predicted octanol–water partition coefficient (Wildman–Crippen LogP) is 2.45. The molecule has 1 fully saturated rings. The van der Waals surface area contributed by atoms with Crippen LogP contribution in [0.5, 0.6) is 0 Å². The normalized spacial score (nSPS) is 16.4. The minimum atomic E-state index is -0.788. The SMILES string of the molecule is CN(C)c1ccc(CNC(=O)C2(C#N)CCCC2)cc1. The van der Waals surface area contributed by atoms with E-state index >= 15 is 0 Å². The summed E-state index contributed by atoms with van der Waals surface area (Å²) >= 11 is 0. The highest BCUT2D eigenvalue weighted by molar-refractivity contribution is 5.85. The zero-order valence-electron chi connectivity index (χ0n) is 12.1. The van der Waals surface area contributed by atoms with Crippen molar-refractivity contribution in [3.63, 3.8) is 0 Å². The van der Waals surface area contributed by atoms with Crippen LogP contribution in [0, 0.1) is 16.7 Å². The largest absolute Gasteiger partial charge is 0.378 e. The molecule has 1 aromatic carbocycles. The number of nitriles is 1. The Kier molecular flexibility index (Phi) is 4.29. The molecule has 1 aromatic rings. The van der Waals surface area contributed by atoms with Crippen molar-refractivity contribution in [2.75, 3.05) is 19.0 Å². The molecule has 4 heteroatoms. The molecule has 20 heavy (non-hydrogen) atoms. The number of rotatable bonds is 4. The van der Waals surface area contributed by atoms with Crippen LogP contribution in [-0.4, -0.2) is 20.0 Å². The Balaban J connectivity index is 1.95. The molecule has 1 saturated carbocycles. The number of hydrogen-bond donors (Lipinski definition) is 1. The van der Waals surface area contributed by atoms with E-state index in [4.69, 9.17) is 0 Å². The summed E-state index contributed by atoms with van der Waals surface area (Å²) in [5.74, 6) is -0.116. The lowest BCUT2D eigenvalue weighted by Gasteiger charge is -2.19. The highest BCUT2D eigenvalue weighted by Crippen LogP contribution is 2.37. The highest BCUT2D eigenvalue weighted by atomic mass is 16.2. The predicted molar refractivity (Wildman–Crippen MR) is 79.1 cm³/mol. The maximum absolute atomic E-state index is 12.2. The molecule has 0 heterocycles. The highest BCUT2D eigenvalue weighted by Gasteiger charge is 2.41. The molecule has 0 atom stereocenters. The van der Waals surface area contributed by atoms with Crippen LogP contribution < -0.4 is 10.2 Å². The summed E-state index contributed by atoms with van der Waals surface area (Å²) in [4.78, 5) is 14.2. The van der Waals surface area contributed by atoms with E-state index in [2.05, 4.69) is 11.4 Å². The molecule has 0 spiro atoms. The van der Waals surface area contributed by atoms with Crippen LogP contribution in [-0.2, 0) is 11.3 Å². The molecule has 0 saturated heterocycles. The van der Waals surface area contributed by atoms with E-state index in [0.717, 1.165) is 24.1 Å². The topological polar surface area (TPSA) is 56.1 Å². The molecule has 0 aliphatic heterocycles. The average molecular weight is 271 g/mol. The fourth-order valence-corrected chi connectivity index (χ4v) is 2.63. The lowest BCUT2D eigenvalue weighted by molar-refractivity contribution is -0.128. The van der Waals surface area contributed by atoms with Crippen molar-refractivity contribution in [2.24, 2.45) is 5.41 Å². The number of benzene rings is 1. The van der Waals surface area contributed by atoms with Crippen molar-refractivity contribution in [2.45, 2.75) is 32.2 Å². The molecule has 0 radical (unpaired) electrons. The smallest absolute Gasteiger partial charge is 0.240 e. The fourth-order valence-electron chi connectivity index (χ4n) is 2.63. The maximum atomic E-state index is 12.2. The Hall–Kier alpha value is -2.02. The maximum Gasteiger partial charge on any atom is 0.240 e. The van der Waals surface area contributed by atoms with Gasteiger partial charge < -0.3 is 10.2 Å². The van der Waals surface area contributed by atoms with Gasteiger partial charge in [-0.2, -0.15) is 5.26 Å².